The van der Waals surface area contributed by atoms with E-state index in [1.165, 1.54) is 25.1 Å². The number of hydrogen-bond donors (Lipinski definition) is 1. The van der Waals surface area contributed by atoms with E-state index in [2.05, 4.69) is 35.0 Å². The molecular formula is C14H25N3O. The first-order valence-corrected chi connectivity index (χ1v) is 7.17. The number of hydrogen-bond acceptors (Lipinski definition) is 3. The molecule has 1 aliphatic rings. The maximum Gasteiger partial charge on any atom is 0.0884 e. The van der Waals surface area contributed by atoms with Crippen LogP contribution in [0.3, 0.4) is 0 Å². The second kappa shape index (κ2) is 6.90. The highest BCUT2D eigenvalue weighted by Crippen LogP contribution is 2.13. The molecule has 18 heavy (non-hydrogen) atoms. The van der Waals surface area contributed by atoms with Crippen LogP contribution in [-0.2, 0) is 24.3 Å². The molecule has 0 radical (unpaired) electrons. The minimum absolute atomic E-state index is 0.695. The van der Waals surface area contributed by atoms with Gasteiger partial charge in [0.05, 0.1) is 18.0 Å². The third-order valence-corrected chi connectivity index (χ3v) is 3.66. The highest BCUT2D eigenvalue weighted by molar-refractivity contribution is 5.09. The van der Waals surface area contributed by atoms with E-state index in [1.807, 2.05) is 0 Å². The largest absolute Gasteiger partial charge is 0.375 e. The molecule has 4 heteroatoms. The summed E-state index contributed by atoms with van der Waals surface area (Å²) < 4.78 is 7.84. The number of aromatic nitrogens is 2. The van der Waals surface area contributed by atoms with Gasteiger partial charge in [-0.2, -0.15) is 5.10 Å². The molecule has 1 aliphatic heterocycles. The van der Waals surface area contributed by atoms with Crippen LogP contribution in [0.5, 0.6) is 0 Å². The molecule has 4 nitrogen and oxygen atoms in total. The number of nitrogens with zero attached hydrogens (tertiary/aromatic N) is 2. The monoisotopic (exact) mass is 251 g/mol. The normalized spacial score (nSPS) is 19.6. The van der Waals surface area contributed by atoms with Gasteiger partial charge in [-0.05, 0) is 51.3 Å². The molecule has 1 saturated heterocycles. The summed E-state index contributed by atoms with van der Waals surface area (Å²) in [4.78, 5) is 0. The third kappa shape index (κ3) is 3.56. The van der Waals surface area contributed by atoms with Crippen LogP contribution in [-0.4, -0.2) is 29.5 Å². The second-order valence-electron chi connectivity index (χ2n) is 5.00. The van der Waals surface area contributed by atoms with Crippen molar-refractivity contribution in [3.8, 4) is 0 Å². The van der Waals surface area contributed by atoms with Crippen LogP contribution in [0.25, 0.3) is 0 Å². The molecule has 0 saturated carbocycles. The number of aryl methyl sites for hydroxylation is 2. The number of ether oxygens (including phenoxy) is 1. The molecule has 1 N–H and O–H groups in total. The van der Waals surface area contributed by atoms with E-state index in [0.29, 0.717) is 6.61 Å². The highest BCUT2D eigenvalue weighted by Gasteiger charge is 2.14. The molecule has 1 atom stereocenters. The molecule has 0 aliphatic carbocycles. The molecule has 1 aromatic heterocycles. The van der Waals surface area contributed by atoms with Gasteiger partial charge in [-0.15, -0.1) is 0 Å². The first-order valence-electron chi connectivity index (χ1n) is 7.17. The van der Waals surface area contributed by atoms with E-state index in [9.17, 15) is 0 Å². The van der Waals surface area contributed by atoms with Crippen molar-refractivity contribution in [3.63, 3.8) is 0 Å². The molecule has 1 unspecified atom stereocenters. The molecule has 1 fully saturated rings. The quantitative estimate of drug-likeness (QED) is 0.753. The zero-order valence-corrected chi connectivity index (χ0v) is 11.6. The van der Waals surface area contributed by atoms with E-state index in [4.69, 9.17) is 4.74 Å². The van der Waals surface area contributed by atoms with Gasteiger partial charge >= 0.3 is 0 Å². The first kappa shape index (κ1) is 13.6. The van der Waals surface area contributed by atoms with Gasteiger partial charge in [0.15, 0.2) is 0 Å². The van der Waals surface area contributed by atoms with Crippen LogP contribution in [0.15, 0.2) is 6.07 Å². The van der Waals surface area contributed by atoms with Gasteiger partial charge in [-0.25, -0.2) is 0 Å². The smallest absolute Gasteiger partial charge is 0.0884 e. The zero-order valence-electron chi connectivity index (χ0n) is 11.6. The van der Waals surface area contributed by atoms with Crippen LogP contribution in [0.1, 0.15) is 38.1 Å². The SMILES string of the molecule is CCc1cc(COCCC2CCNC2)n(CC)n1. The van der Waals surface area contributed by atoms with Crippen molar-refractivity contribution in [2.24, 2.45) is 5.92 Å². The average Bonchev–Trinajstić information content (AvgIpc) is 3.03. The second-order valence-corrected chi connectivity index (χ2v) is 5.00. The summed E-state index contributed by atoms with van der Waals surface area (Å²) >= 11 is 0. The zero-order chi connectivity index (χ0) is 12.8. The Labute approximate surface area is 110 Å². The lowest BCUT2D eigenvalue weighted by Crippen LogP contribution is -2.11. The predicted octanol–water partition coefficient (Wildman–Crippen LogP) is 1.98. The van der Waals surface area contributed by atoms with Gasteiger partial charge in [0, 0.05) is 13.2 Å². The topological polar surface area (TPSA) is 39.1 Å². The van der Waals surface area contributed by atoms with Crippen molar-refractivity contribution in [1.29, 1.82) is 0 Å². The fourth-order valence-corrected chi connectivity index (χ4v) is 2.47. The van der Waals surface area contributed by atoms with Gasteiger partial charge in [0.2, 0.25) is 0 Å². The summed E-state index contributed by atoms with van der Waals surface area (Å²) in [6.07, 6.45) is 3.47. The molecular weight excluding hydrogens is 226 g/mol. The maximum absolute atomic E-state index is 5.79. The van der Waals surface area contributed by atoms with E-state index in [1.54, 1.807) is 0 Å². The van der Waals surface area contributed by atoms with Crippen LogP contribution in [0.4, 0.5) is 0 Å². The maximum atomic E-state index is 5.79. The average molecular weight is 251 g/mol. The number of rotatable bonds is 7. The Morgan fingerprint density at radius 2 is 2.39 bits per heavy atom. The van der Waals surface area contributed by atoms with Crippen molar-refractivity contribution < 1.29 is 4.74 Å². The lowest BCUT2D eigenvalue weighted by molar-refractivity contribution is 0.104. The summed E-state index contributed by atoms with van der Waals surface area (Å²) in [6.45, 7) is 9.08. The molecule has 2 rings (SSSR count). The summed E-state index contributed by atoms with van der Waals surface area (Å²) in [5, 5.41) is 7.92. The highest BCUT2D eigenvalue weighted by atomic mass is 16.5. The molecule has 2 heterocycles. The Balaban J connectivity index is 1.73. The fraction of sp³-hybridized carbons (Fsp3) is 0.786. The van der Waals surface area contributed by atoms with Crippen molar-refractivity contribution in [1.82, 2.24) is 15.1 Å². The molecule has 1 aromatic rings. The van der Waals surface area contributed by atoms with E-state index < -0.39 is 0 Å². The van der Waals surface area contributed by atoms with Gasteiger partial charge in [-0.1, -0.05) is 6.92 Å². The standard InChI is InChI=1S/C14H25N3O/c1-3-13-9-14(17(4-2)16-13)11-18-8-6-12-5-7-15-10-12/h9,12,15H,3-8,10-11H2,1-2H3. The minimum Gasteiger partial charge on any atom is -0.375 e. The van der Waals surface area contributed by atoms with E-state index in [-0.39, 0.29) is 0 Å². The Morgan fingerprint density at radius 1 is 1.50 bits per heavy atom. The third-order valence-electron chi connectivity index (χ3n) is 3.66. The summed E-state index contributed by atoms with van der Waals surface area (Å²) in [7, 11) is 0. The number of nitrogens with one attached hydrogen (secondary N) is 1. The predicted molar refractivity (Wildman–Crippen MR) is 72.5 cm³/mol. The van der Waals surface area contributed by atoms with Gasteiger partial charge in [0.25, 0.3) is 0 Å². The van der Waals surface area contributed by atoms with E-state index >= 15 is 0 Å². The Kier molecular flexibility index (Phi) is 5.20. The molecule has 0 amide bonds. The van der Waals surface area contributed by atoms with Crippen LogP contribution >= 0.6 is 0 Å². The Morgan fingerprint density at radius 3 is 3.06 bits per heavy atom. The Bertz CT molecular complexity index is 356. The van der Waals surface area contributed by atoms with Crippen LogP contribution in [0, 0.1) is 5.92 Å². The summed E-state index contributed by atoms with van der Waals surface area (Å²) in [5.41, 5.74) is 2.37. The van der Waals surface area contributed by atoms with Gasteiger partial charge < -0.3 is 10.1 Å². The first-order chi connectivity index (χ1) is 8.83. The van der Waals surface area contributed by atoms with Gasteiger partial charge in [0.1, 0.15) is 0 Å². The van der Waals surface area contributed by atoms with Crippen molar-refractivity contribution in [2.45, 2.75) is 46.3 Å². The summed E-state index contributed by atoms with van der Waals surface area (Å²) in [5.74, 6) is 0.812. The van der Waals surface area contributed by atoms with Gasteiger partial charge in [-0.3, -0.25) is 4.68 Å². The minimum atomic E-state index is 0.695. The molecule has 0 bridgehead atoms. The molecule has 0 aromatic carbocycles. The Hall–Kier alpha value is -0.870. The fourth-order valence-electron chi connectivity index (χ4n) is 2.47. The van der Waals surface area contributed by atoms with E-state index in [0.717, 1.165) is 37.7 Å². The van der Waals surface area contributed by atoms with Crippen molar-refractivity contribution in [3.05, 3.63) is 17.5 Å². The van der Waals surface area contributed by atoms with Crippen molar-refractivity contribution in [2.75, 3.05) is 19.7 Å². The molecule has 102 valence electrons. The lowest BCUT2D eigenvalue weighted by Gasteiger charge is -2.09. The van der Waals surface area contributed by atoms with Crippen molar-refractivity contribution >= 4 is 0 Å². The summed E-state index contributed by atoms with van der Waals surface area (Å²) in [6, 6.07) is 2.17. The lowest BCUT2D eigenvalue weighted by atomic mass is 10.1. The van der Waals surface area contributed by atoms with Crippen LogP contribution < -0.4 is 5.32 Å². The van der Waals surface area contributed by atoms with Crippen LogP contribution in [0.2, 0.25) is 0 Å². The molecule has 0 spiro atoms.